The van der Waals surface area contributed by atoms with Crippen molar-refractivity contribution in [2.75, 3.05) is 5.75 Å². The lowest BCUT2D eigenvalue weighted by Crippen LogP contribution is -2.19. The highest BCUT2D eigenvalue weighted by atomic mass is 35.5. The highest BCUT2D eigenvalue weighted by Crippen LogP contribution is 2.32. The number of carbonyl (C=O) groups excluding carboxylic acids is 1. The maximum Gasteiger partial charge on any atom is 0.250 e. The minimum Gasteiger partial charge on any atom is -0.272 e. The van der Waals surface area contributed by atoms with Gasteiger partial charge in [-0.2, -0.15) is 5.10 Å². The third kappa shape index (κ3) is 6.63. The third-order valence-electron chi connectivity index (χ3n) is 3.50. The Kier molecular flexibility index (Phi) is 7.90. The molecule has 5 nitrogen and oxygen atoms in total. The first-order chi connectivity index (χ1) is 13.6. The molecule has 28 heavy (non-hydrogen) atoms. The van der Waals surface area contributed by atoms with Crippen LogP contribution in [0.25, 0.3) is 0 Å². The number of nitrogens with zero attached hydrogens (tertiary/aromatic N) is 3. The molecule has 1 heterocycles. The first-order valence-electron chi connectivity index (χ1n) is 8.31. The fourth-order valence-corrected chi connectivity index (χ4v) is 5.16. The Hall–Kier alpha value is -1.87. The number of amides is 1. The number of hydrazone groups is 1. The molecular formula is C19H17ClN4OS3. The zero-order valence-corrected chi connectivity index (χ0v) is 18.2. The predicted octanol–water partition coefficient (Wildman–Crippen LogP) is 5.03. The van der Waals surface area contributed by atoms with Gasteiger partial charge in [0.25, 0.3) is 5.91 Å². The zero-order chi connectivity index (χ0) is 19.8. The fraction of sp³-hybridized carbons (Fsp3) is 0.158. The van der Waals surface area contributed by atoms with Crippen molar-refractivity contribution in [3.63, 3.8) is 0 Å². The van der Waals surface area contributed by atoms with Crippen molar-refractivity contribution in [2.45, 2.75) is 21.4 Å². The number of hydrogen-bond donors (Lipinski definition) is 1. The summed E-state index contributed by atoms with van der Waals surface area (Å²) in [6, 6.07) is 15.6. The van der Waals surface area contributed by atoms with Gasteiger partial charge in [-0.05, 0) is 24.1 Å². The van der Waals surface area contributed by atoms with Crippen LogP contribution in [0.15, 0.2) is 62.3 Å². The van der Waals surface area contributed by atoms with Crippen LogP contribution in [0.3, 0.4) is 0 Å². The quantitative estimate of drug-likeness (QED) is 0.297. The fourth-order valence-electron chi connectivity index (χ4n) is 2.06. The van der Waals surface area contributed by atoms with Gasteiger partial charge >= 0.3 is 0 Å². The van der Waals surface area contributed by atoms with Crippen molar-refractivity contribution < 1.29 is 4.79 Å². The number of thioether (sulfide) groups is 2. The van der Waals surface area contributed by atoms with E-state index < -0.39 is 0 Å². The Morgan fingerprint density at radius 2 is 1.86 bits per heavy atom. The summed E-state index contributed by atoms with van der Waals surface area (Å²) >= 11 is 10.5. The Morgan fingerprint density at radius 1 is 1.14 bits per heavy atom. The molecule has 0 radical (unpaired) electrons. The number of aryl methyl sites for hydroxylation is 1. The molecular weight excluding hydrogens is 432 g/mol. The Morgan fingerprint density at radius 3 is 2.61 bits per heavy atom. The van der Waals surface area contributed by atoms with E-state index in [2.05, 4.69) is 20.7 Å². The number of hydrogen-bond acceptors (Lipinski definition) is 7. The van der Waals surface area contributed by atoms with Gasteiger partial charge in [-0.25, -0.2) is 5.43 Å². The molecule has 0 saturated carbocycles. The SMILES string of the molecule is Cc1ccc(/C=N\NC(=O)CSc2nnc(SCc3ccccc3Cl)s2)cc1. The van der Waals surface area contributed by atoms with E-state index in [1.807, 2.05) is 55.5 Å². The Labute approximate surface area is 181 Å². The molecule has 3 aromatic rings. The molecule has 1 amide bonds. The highest BCUT2D eigenvalue weighted by Gasteiger charge is 2.09. The monoisotopic (exact) mass is 448 g/mol. The largest absolute Gasteiger partial charge is 0.272 e. The minimum atomic E-state index is -0.186. The van der Waals surface area contributed by atoms with Crippen molar-refractivity contribution in [1.82, 2.24) is 15.6 Å². The Bertz CT molecular complexity index is 960. The summed E-state index contributed by atoms with van der Waals surface area (Å²) in [6.07, 6.45) is 1.62. The molecule has 0 unspecified atom stereocenters. The van der Waals surface area contributed by atoms with Crippen molar-refractivity contribution in [3.05, 3.63) is 70.2 Å². The smallest absolute Gasteiger partial charge is 0.250 e. The lowest BCUT2D eigenvalue weighted by molar-refractivity contribution is -0.118. The van der Waals surface area contributed by atoms with E-state index in [0.717, 1.165) is 30.6 Å². The number of benzene rings is 2. The molecule has 0 saturated heterocycles. The lowest BCUT2D eigenvalue weighted by atomic mass is 10.2. The van der Waals surface area contributed by atoms with Crippen molar-refractivity contribution >= 4 is 58.6 Å². The standard InChI is InChI=1S/C19H17ClN4OS3/c1-13-6-8-14(9-7-13)10-21-22-17(25)12-27-19-24-23-18(28-19)26-11-15-4-2-3-5-16(15)20/h2-10H,11-12H2,1H3,(H,22,25)/b21-10-. The molecule has 0 aliphatic carbocycles. The van der Waals surface area contributed by atoms with Gasteiger partial charge < -0.3 is 0 Å². The molecule has 0 aliphatic rings. The van der Waals surface area contributed by atoms with E-state index in [4.69, 9.17) is 11.6 Å². The number of nitrogens with one attached hydrogen (secondary N) is 1. The van der Waals surface area contributed by atoms with Gasteiger partial charge in [0.2, 0.25) is 0 Å². The van der Waals surface area contributed by atoms with Crippen LogP contribution in [-0.4, -0.2) is 28.1 Å². The van der Waals surface area contributed by atoms with E-state index in [1.54, 1.807) is 18.0 Å². The molecule has 0 aliphatic heterocycles. The average molecular weight is 449 g/mol. The number of halogens is 1. The second-order valence-electron chi connectivity index (χ2n) is 5.71. The maximum atomic E-state index is 11.9. The third-order valence-corrected chi connectivity index (χ3v) is 7.11. The highest BCUT2D eigenvalue weighted by molar-refractivity contribution is 8.03. The Balaban J connectivity index is 1.41. The van der Waals surface area contributed by atoms with Crippen molar-refractivity contribution in [1.29, 1.82) is 0 Å². The van der Waals surface area contributed by atoms with Crippen LogP contribution < -0.4 is 5.43 Å². The first-order valence-corrected chi connectivity index (χ1v) is 11.5. The zero-order valence-electron chi connectivity index (χ0n) is 15.0. The number of rotatable bonds is 8. The van der Waals surface area contributed by atoms with E-state index in [0.29, 0.717) is 0 Å². The molecule has 144 valence electrons. The number of aromatic nitrogens is 2. The van der Waals surface area contributed by atoms with Gasteiger partial charge in [0.05, 0.1) is 12.0 Å². The van der Waals surface area contributed by atoms with E-state index in [-0.39, 0.29) is 11.7 Å². The van der Waals surface area contributed by atoms with Crippen LogP contribution in [0, 0.1) is 6.92 Å². The average Bonchev–Trinajstić information content (AvgIpc) is 3.15. The normalized spacial score (nSPS) is 11.1. The second kappa shape index (κ2) is 10.6. The van der Waals surface area contributed by atoms with Crippen molar-refractivity contribution in [2.24, 2.45) is 5.10 Å². The number of carbonyl (C=O) groups is 1. The summed E-state index contributed by atoms with van der Waals surface area (Å²) in [5.74, 6) is 0.774. The first kappa shape index (κ1) is 20.9. The van der Waals surface area contributed by atoms with E-state index in [9.17, 15) is 4.79 Å². The molecule has 9 heteroatoms. The minimum absolute atomic E-state index is 0.186. The van der Waals surface area contributed by atoms with Crippen molar-refractivity contribution in [3.8, 4) is 0 Å². The summed E-state index contributed by atoms with van der Waals surface area (Å²) in [7, 11) is 0. The lowest BCUT2D eigenvalue weighted by Gasteiger charge is -2.00. The van der Waals surface area contributed by atoms with Gasteiger partial charge in [-0.15, -0.1) is 10.2 Å². The van der Waals surface area contributed by atoms with Crippen LogP contribution in [0.1, 0.15) is 16.7 Å². The van der Waals surface area contributed by atoms with Crippen LogP contribution >= 0.6 is 46.5 Å². The van der Waals surface area contributed by atoms with Crippen LogP contribution in [0.4, 0.5) is 0 Å². The van der Waals surface area contributed by atoms with Crippen LogP contribution in [0.5, 0.6) is 0 Å². The molecule has 3 rings (SSSR count). The molecule has 0 spiro atoms. The molecule has 0 bridgehead atoms. The van der Waals surface area contributed by atoms with Gasteiger partial charge in [0, 0.05) is 10.8 Å². The van der Waals surface area contributed by atoms with Gasteiger partial charge in [0.1, 0.15) is 0 Å². The molecule has 0 atom stereocenters. The summed E-state index contributed by atoms with van der Waals surface area (Å²) in [6.45, 7) is 2.02. The van der Waals surface area contributed by atoms with Gasteiger partial charge in [-0.1, -0.05) is 94.5 Å². The molecule has 1 aromatic heterocycles. The summed E-state index contributed by atoms with van der Waals surface area (Å²) < 4.78 is 1.60. The predicted molar refractivity (Wildman–Crippen MR) is 119 cm³/mol. The topological polar surface area (TPSA) is 67.2 Å². The van der Waals surface area contributed by atoms with Gasteiger partial charge in [-0.3, -0.25) is 4.79 Å². The molecule has 2 aromatic carbocycles. The van der Waals surface area contributed by atoms with Crippen LogP contribution in [0.2, 0.25) is 5.02 Å². The van der Waals surface area contributed by atoms with Gasteiger partial charge in [0.15, 0.2) is 8.68 Å². The van der Waals surface area contributed by atoms with E-state index >= 15 is 0 Å². The maximum absolute atomic E-state index is 11.9. The van der Waals surface area contributed by atoms with Crippen LogP contribution in [-0.2, 0) is 10.5 Å². The molecule has 0 fully saturated rings. The summed E-state index contributed by atoms with van der Waals surface area (Å²) in [5, 5.41) is 13.0. The molecule has 1 N–H and O–H groups in total. The summed E-state index contributed by atoms with van der Waals surface area (Å²) in [4.78, 5) is 11.9. The second-order valence-corrected chi connectivity index (χ2v) is 9.54. The summed E-state index contributed by atoms with van der Waals surface area (Å²) in [5.41, 5.74) is 5.69. The van der Waals surface area contributed by atoms with E-state index in [1.165, 1.54) is 28.7 Å².